The molecule has 0 aromatic carbocycles. The van der Waals surface area contributed by atoms with Gasteiger partial charge in [-0.25, -0.2) is 9.97 Å². The van der Waals surface area contributed by atoms with Gasteiger partial charge in [-0.05, 0) is 18.9 Å². The molecule has 0 saturated carbocycles. The molecule has 1 aliphatic heterocycles. The van der Waals surface area contributed by atoms with Gasteiger partial charge in [0.1, 0.15) is 11.9 Å². The second-order valence-corrected chi connectivity index (χ2v) is 6.21. The molecule has 6 heteroatoms. The van der Waals surface area contributed by atoms with Gasteiger partial charge in [-0.15, -0.1) is 0 Å². The Morgan fingerprint density at radius 1 is 1.32 bits per heavy atom. The van der Waals surface area contributed by atoms with Crippen molar-refractivity contribution < 1.29 is 4.79 Å². The first-order chi connectivity index (χ1) is 10.5. The van der Waals surface area contributed by atoms with E-state index in [1.807, 2.05) is 30.3 Å². The smallest absolute Gasteiger partial charge is 0.247 e. The van der Waals surface area contributed by atoms with Gasteiger partial charge in [0.05, 0.1) is 12.2 Å². The van der Waals surface area contributed by atoms with E-state index in [2.05, 4.69) is 28.9 Å². The van der Waals surface area contributed by atoms with Gasteiger partial charge in [0.15, 0.2) is 0 Å². The van der Waals surface area contributed by atoms with Crippen LogP contribution in [0, 0.1) is 5.92 Å². The van der Waals surface area contributed by atoms with E-state index >= 15 is 0 Å². The summed E-state index contributed by atoms with van der Waals surface area (Å²) in [5.74, 6) is 1.45. The highest BCUT2D eigenvalue weighted by molar-refractivity contribution is 5.80. The van der Waals surface area contributed by atoms with Crippen LogP contribution in [-0.4, -0.2) is 30.6 Å². The summed E-state index contributed by atoms with van der Waals surface area (Å²) in [5.41, 5.74) is 2.03. The van der Waals surface area contributed by atoms with Gasteiger partial charge in [-0.3, -0.25) is 9.48 Å². The molecule has 6 nitrogen and oxygen atoms in total. The number of carbonyl (C=O) groups excluding carboxylic acids is 1. The number of rotatable bonds is 4. The Balaban J connectivity index is 1.72. The average Bonchev–Trinajstić information content (AvgIpc) is 3.13. The maximum atomic E-state index is 12.6. The van der Waals surface area contributed by atoms with Gasteiger partial charge < -0.3 is 4.90 Å². The van der Waals surface area contributed by atoms with E-state index in [4.69, 9.17) is 0 Å². The SMILES string of the molecule is CC(C)Cc1ncc2c(n1)CN(C(=O)[C@@H](C)n1cccn1)C2. The molecule has 1 amide bonds. The van der Waals surface area contributed by atoms with Gasteiger partial charge in [0.2, 0.25) is 5.91 Å². The zero-order valence-electron chi connectivity index (χ0n) is 13.2. The number of fused-ring (bicyclic) bond motifs is 1. The second-order valence-electron chi connectivity index (χ2n) is 6.21. The van der Waals surface area contributed by atoms with Crippen LogP contribution in [0.2, 0.25) is 0 Å². The lowest BCUT2D eigenvalue weighted by atomic mass is 10.1. The lowest BCUT2D eigenvalue weighted by molar-refractivity contribution is -0.135. The number of carbonyl (C=O) groups is 1. The van der Waals surface area contributed by atoms with Crippen molar-refractivity contribution in [1.82, 2.24) is 24.6 Å². The van der Waals surface area contributed by atoms with Crippen molar-refractivity contribution in [3.05, 3.63) is 41.7 Å². The van der Waals surface area contributed by atoms with Crippen LogP contribution < -0.4 is 0 Å². The minimum atomic E-state index is -0.299. The van der Waals surface area contributed by atoms with Crippen molar-refractivity contribution in [3.8, 4) is 0 Å². The number of aromatic nitrogens is 4. The molecular weight excluding hydrogens is 278 g/mol. The van der Waals surface area contributed by atoms with Crippen LogP contribution >= 0.6 is 0 Å². The monoisotopic (exact) mass is 299 g/mol. The van der Waals surface area contributed by atoms with E-state index in [0.717, 1.165) is 23.5 Å². The Kier molecular flexibility index (Phi) is 3.92. The minimum Gasteiger partial charge on any atom is -0.330 e. The lowest BCUT2D eigenvalue weighted by Gasteiger charge is -2.20. The topological polar surface area (TPSA) is 63.9 Å². The Morgan fingerprint density at radius 2 is 2.14 bits per heavy atom. The van der Waals surface area contributed by atoms with Crippen LogP contribution in [0.3, 0.4) is 0 Å². The van der Waals surface area contributed by atoms with Gasteiger partial charge in [0.25, 0.3) is 0 Å². The summed E-state index contributed by atoms with van der Waals surface area (Å²) in [6, 6.07) is 1.53. The van der Waals surface area contributed by atoms with E-state index in [9.17, 15) is 4.79 Å². The molecule has 116 valence electrons. The maximum absolute atomic E-state index is 12.6. The molecule has 3 heterocycles. The molecule has 0 saturated heterocycles. The van der Waals surface area contributed by atoms with Gasteiger partial charge in [0, 0.05) is 37.1 Å². The maximum Gasteiger partial charge on any atom is 0.247 e. The molecule has 0 unspecified atom stereocenters. The van der Waals surface area contributed by atoms with Crippen LogP contribution in [0.15, 0.2) is 24.7 Å². The second kappa shape index (κ2) is 5.87. The third-order valence-corrected chi connectivity index (χ3v) is 3.89. The first-order valence-corrected chi connectivity index (χ1v) is 7.66. The molecule has 0 radical (unpaired) electrons. The Hall–Kier alpha value is -2.24. The van der Waals surface area contributed by atoms with Crippen molar-refractivity contribution in [3.63, 3.8) is 0 Å². The van der Waals surface area contributed by atoms with Crippen LogP contribution in [0.1, 0.15) is 43.9 Å². The fourth-order valence-electron chi connectivity index (χ4n) is 2.70. The van der Waals surface area contributed by atoms with Gasteiger partial charge in [-0.1, -0.05) is 13.8 Å². The molecule has 2 aromatic rings. The summed E-state index contributed by atoms with van der Waals surface area (Å²) < 4.78 is 1.68. The summed E-state index contributed by atoms with van der Waals surface area (Å²) in [5, 5.41) is 4.15. The summed E-state index contributed by atoms with van der Waals surface area (Å²) >= 11 is 0. The minimum absolute atomic E-state index is 0.0621. The fraction of sp³-hybridized carbons (Fsp3) is 0.500. The van der Waals surface area contributed by atoms with E-state index in [0.29, 0.717) is 19.0 Å². The van der Waals surface area contributed by atoms with Crippen LogP contribution in [0.25, 0.3) is 0 Å². The van der Waals surface area contributed by atoms with E-state index < -0.39 is 0 Å². The first kappa shape index (κ1) is 14.7. The van der Waals surface area contributed by atoms with Gasteiger partial charge >= 0.3 is 0 Å². The first-order valence-electron chi connectivity index (χ1n) is 7.66. The van der Waals surface area contributed by atoms with E-state index in [1.54, 1.807) is 10.9 Å². The summed E-state index contributed by atoms with van der Waals surface area (Å²) in [6.45, 7) is 7.32. The highest BCUT2D eigenvalue weighted by Crippen LogP contribution is 2.23. The lowest BCUT2D eigenvalue weighted by Crippen LogP contribution is -2.32. The number of hydrogen-bond donors (Lipinski definition) is 0. The number of hydrogen-bond acceptors (Lipinski definition) is 4. The zero-order chi connectivity index (χ0) is 15.7. The highest BCUT2D eigenvalue weighted by Gasteiger charge is 2.29. The Bertz CT molecular complexity index is 665. The average molecular weight is 299 g/mol. The fourth-order valence-corrected chi connectivity index (χ4v) is 2.70. The van der Waals surface area contributed by atoms with Crippen molar-refractivity contribution in [2.45, 2.75) is 46.3 Å². The molecule has 1 atom stereocenters. The zero-order valence-corrected chi connectivity index (χ0v) is 13.2. The van der Waals surface area contributed by atoms with Crippen LogP contribution in [0.4, 0.5) is 0 Å². The summed E-state index contributed by atoms with van der Waals surface area (Å²) in [6.07, 6.45) is 6.23. The van der Waals surface area contributed by atoms with E-state index in [-0.39, 0.29) is 11.9 Å². The molecule has 1 aliphatic rings. The molecule has 0 fully saturated rings. The van der Waals surface area contributed by atoms with Crippen molar-refractivity contribution in [1.29, 1.82) is 0 Å². The third kappa shape index (κ3) is 2.86. The Labute approximate surface area is 130 Å². The normalized spacial score (nSPS) is 15.2. The van der Waals surface area contributed by atoms with E-state index in [1.165, 1.54) is 0 Å². The molecule has 3 rings (SSSR count). The van der Waals surface area contributed by atoms with Crippen molar-refractivity contribution in [2.75, 3.05) is 0 Å². The molecule has 0 aliphatic carbocycles. The number of nitrogens with zero attached hydrogens (tertiary/aromatic N) is 5. The Morgan fingerprint density at radius 3 is 2.82 bits per heavy atom. The highest BCUT2D eigenvalue weighted by atomic mass is 16.2. The third-order valence-electron chi connectivity index (χ3n) is 3.89. The summed E-state index contributed by atoms with van der Waals surface area (Å²) in [4.78, 5) is 23.4. The molecule has 0 bridgehead atoms. The predicted octanol–water partition coefficient (Wildman–Crippen LogP) is 1.97. The van der Waals surface area contributed by atoms with Crippen molar-refractivity contribution in [2.24, 2.45) is 5.92 Å². The molecule has 22 heavy (non-hydrogen) atoms. The van der Waals surface area contributed by atoms with Gasteiger partial charge in [-0.2, -0.15) is 5.10 Å². The molecule has 2 aromatic heterocycles. The predicted molar refractivity (Wildman–Crippen MR) is 81.8 cm³/mol. The largest absolute Gasteiger partial charge is 0.330 e. The standard InChI is InChI=1S/C16H21N5O/c1-11(2)7-15-17-8-13-9-20(10-14(13)19-15)16(22)12(3)21-6-4-5-18-21/h4-6,8,11-12H,7,9-10H2,1-3H3/t12-/m1/s1. The molecule has 0 spiro atoms. The quantitative estimate of drug-likeness (QED) is 0.866. The van der Waals surface area contributed by atoms with Crippen LogP contribution in [0.5, 0.6) is 0 Å². The van der Waals surface area contributed by atoms with Crippen molar-refractivity contribution >= 4 is 5.91 Å². The molecular formula is C16H21N5O. The molecule has 0 N–H and O–H groups in total. The number of amides is 1. The summed E-state index contributed by atoms with van der Waals surface area (Å²) in [7, 11) is 0. The van der Waals surface area contributed by atoms with Crippen LogP contribution in [-0.2, 0) is 24.3 Å².